The number of carbonyl (C=O) groups excluding carboxylic acids is 1. The first kappa shape index (κ1) is 14.6. The number of hydrogen-bond donors (Lipinski definition) is 0. The number of nitrogens with zero attached hydrogens (tertiary/aromatic N) is 1. The highest BCUT2D eigenvalue weighted by Crippen LogP contribution is 2.32. The Balaban J connectivity index is 1.56. The molecule has 0 radical (unpaired) electrons. The Labute approximate surface area is 126 Å². The van der Waals surface area contributed by atoms with Crippen LogP contribution in [0.15, 0.2) is 35.2 Å². The number of carbonyl (C=O) groups is 1. The fourth-order valence-corrected chi connectivity index (χ4v) is 4.66. The molecule has 0 N–H and O–H groups in total. The lowest BCUT2D eigenvalue weighted by Gasteiger charge is -2.32. The third kappa shape index (κ3) is 3.46. The Morgan fingerprint density at radius 2 is 1.67 bits per heavy atom. The molecule has 1 aliphatic heterocycles. The van der Waals surface area contributed by atoms with Gasteiger partial charge in [0, 0.05) is 19.0 Å². The number of hydrogen-bond acceptors (Lipinski definition) is 3. The topological polar surface area (TPSA) is 54.5 Å². The molecule has 1 aliphatic carbocycles. The summed E-state index contributed by atoms with van der Waals surface area (Å²) in [5.41, 5.74) is 0. The Morgan fingerprint density at radius 3 is 2.24 bits per heavy atom. The average molecular weight is 307 g/mol. The largest absolute Gasteiger partial charge is 0.342 e. The Morgan fingerprint density at radius 1 is 1.05 bits per heavy atom. The molecular weight excluding hydrogens is 286 g/mol. The molecule has 0 aromatic heterocycles. The lowest BCUT2D eigenvalue weighted by atomic mass is 9.98. The fourth-order valence-electron chi connectivity index (χ4n) is 2.94. The predicted molar refractivity (Wildman–Crippen MR) is 80.5 cm³/mol. The van der Waals surface area contributed by atoms with E-state index in [0.717, 1.165) is 25.7 Å². The highest BCUT2D eigenvalue weighted by atomic mass is 32.2. The van der Waals surface area contributed by atoms with Crippen molar-refractivity contribution in [3.63, 3.8) is 0 Å². The standard InChI is InChI=1S/C16H21NO3S/c18-16(14-6-7-14)17-10-8-13(9-11-17)12-21(19,20)15-4-2-1-3-5-15/h1-5,13-14H,6-12H2. The fraction of sp³-hybridized carbons (Fsp3) is 0.562. The number of amides is 1. The van der Waals surface area contributed by atoms with Crippen LogP contribution < -0.4 is 0 Å². The van der Waals surface area contributed by atoms with Crippen LogP contribution in [0.25, 0.3) is 0 Å². The molecule has 4 nitrogen and oxygen atoms in total. The van der Waals surface area contributed by atoms with Crippen LogP contribution in [0, 0.1) is 11.8 Å². The van der Waals surface area contributed by atoms with Gasteiger partial charge in [0.2, 0.25) is 5.91 Å². The van der Waals surface area contributed by atoms with Crippen molar-refractivity contribution in [1.29, 1.82) is 0 Å². The van der Waals surface area contributed by atoms with Crippen LogP contribution in [0.5, 0.6) is 0 Å². The monoisotopic (exact) mass is 307 g/mol. The summed E-state index contributed by atoms with van der Waals surface area (Å²) in [5, 5.41) is 0. The van der Waals surface area contributed by atoms with Crippen molar-refractivity contribution in [2.24, 2.45) is 11.8 Å². The van der Waals surface area contributed by atoms with E-state index in [0.29, 0.717) is 18.0 Å². The van der Waals surface area contributed by atoms with Gasteiger partial charge in [0.25, 0.3) is 0 Å². The van der Waals surface area contributed by atoms with Crippen LogP contribution in [-0.4, -0.2) is 38.1 Å². The van der Waals surface area contributed by atoms with E-state index in [2.05, 4.69) is 0 Å². The van der Waals surface area contributed by atoms with Gasteiger partial charge >= 0.3 is 0 Å². The zero-order valence-corrected chi connectivity index (χ0v) is 12.9. The molecule has 0 atom stereocenters. The van der Waals surface area contributed by atoms with Gasteiger partial charge in [0.15, 0.2) is 9.84 Å². The maximum absolute atomic E-state index is 12.4. The minimum absolute atomic E-state index is 0.165. The van der Waals surface area contributed by atoms with Crippen molar-refractivity contribution in [1.82, 2.24) is 4.90 Å². The molecule has 114 valence electrons. The number of rotatable bonds is 4. The van der Waals surface area contributed by atoms with Crippen LogP contribution >= 0.6 is 0 Å². The number of benzene rings is 1. The highest BCUT2D eigenvalue weighted by Gasteiger charge is 2.35. The Kier molecular flexibility index (Phi) is 4.02. The second-order valence-corrected chi connectivity index (χ2v) is 8.17. The molecule has 21 heavy (non-hydrogen) atoms. The molecule has 1 amide bonds. The highest BCUT2D eigenvalue weighted by molar-refractivity contribution is 7.91. The van der Waals surface area contributed by atoms with Gasteiger partial charge in [-0.05, 0) is 43.7 Å². The van der Waals surface area contributed by atoms with Crippen LogP contribution in [0.2, 0.25) is 0 Å². The van der Waals surface area contributed by atoms with E-state index < -0.39 is 9.84 Å². The third-order valence-electron chi connectivity index (χ3n) is 4.41. The molecular formula is C16H21NO3S. The molecule has 0 bridgehead atoms. The summed E-state index contributed by atoms with van der Waals surface area (Å²) < 4.78 is 24.7. The maximum atomic E-state index is 12.4. The molecule has 1 saturated carbocycles. The molecule has 1 aromatic carbocycles. The summed E-state index contributed by atoms with van der Waals surface area (Å²) in [5.74, 6) is 0.898. The van der Waals surface area contributed by atoms with Gasteiger partial charge < -0.3 is 4.90 Å². The minimum atomic E-state index is -3.21. The van der Waals surface area contributed by atoms with Gasteiger partial charge in [-0.25, -0.2) is 8.42 Å². The van der Waals surface area contributed by atoms with Crippen molar-refractivity contribution >= 4 is 15.7 Å². The number of likely N-dealkylation sites (tertiary alicyclic amines) is 1. The summed E-state index contributed by atoms with van der Waals surface area (Å²) in [4.78, 5) is 14.3. The number of piperidine rings is 1. The van der Waals surface area contributed by atoms with Crippen molar-refractivity contribution < 1.29 is 13.2 Å². The zero-order chi connectivity index (χ0) is 14.9. The summed E-state index contributed by atoms with van der Waals surface area (Å²) in [6.07, 6.45) is 3.65. The van der Waals surface area contributed by atoms with Gasteiger partial charge in [-0.1, -0.05) is 18.2 Å². The van der Waals surface area contributed by atoms with Crippen LogP contribution in [0.1, 0.15) is 25.7 Å². The Bertz CT molecular complexity index is 600. The summed E-state index contributed by atoms with van der Waals surface area (Å²) in [6.45, 7) is 1.43. The predicted octanol–water partition coefficient (Wildman–Crippen LogP) is 2.11. The lowest BCUT2D eigenvalue weighted by molar-refractivity contribution is -0.133. The first-order valence-electron chi connectivity index (χ1n) is 7.63. The van der Waals surface area contributed by atoms with E-state index in [-0.39, 0.29) is 23.5 Å². The van der Waals surface area contributed by atoms with E-state index in [1.807, 2.05) is 11.0 Å². The second kappa shape index (κ2) is 5.79. The third-order valence-corrected chi connectivity index (χ3v) is 6.31. The van der Waals surface area contributed by atoms with E-state index in [1.54, 1.807) is 24.3 Å². The van der Waals surface area contributed by atoms with Crippen molar-refractivity contribution in [2.45, 2.75) is 30.6 Å². The van der Waals surface area contributed by atoms with E-state index >= 15 is 0 Å². The summed E-state index contributed by atoms with van der Waals surface area (Å²) in [7, 11) is -3.21. The molecule has 3 rings (SSSR count). The maximum Gasteiger partial charge on any atom is 0.225 e. The van der Waals surface area contributed by atoms with Crippen LogP contribution in [0.4, 0.5) is 0 Å². The minimum Gasteiger partial charge on any atom is -0.342 e. The average Bonchev–Trinajstić information content (AvgIpc) is 3.33. The summed E-state index contributed by atoms with van der Waals surface area (Å²) >= 11 is 0. The van der Waals surface area contributed by atoms with Gasteiger partial charge in [-0.3, -0.25) is 4.79 Å². The summed E-state index contributed by atoms with van der Waals surface area (Å²) in [6, 6.07) is 8.64. The molecule has 1 saturated heterocycles. The van der Waals surface area contributed by atoms with Crippen molar-refractivity contribution in [2.75, 3.05) is 18.8 Å². The lowest BCUT2D eigenvalue weighted by Crippen LogP contribution is -2.40. The van der Waals surface area contributed by atoms with Gasteiger partial charge in [0.05, 0.1) is 10.6 Å². The molecule has 0 unspecified atom stereocenters. The molecule has 0 spiro atoms. The SMILES string of the molecule is O=C(C1CC1)N1CCC(CS(=O)(=O)c2ccccc2)CC1. The molecule has 1 aromatic rings. The van der Waals surface area contributed by atoms with E-state index in [1.165, 1.54) is 0 Å². The van der Waals surface area contributed by atoms with Crippen LogP contribution in [-0.2, 0) is 14.6 Å². The second-order valence-electron chi connectivity index (χ2n) is 6.14. The molecule has 2 aliphatic rings. The normalized spacial score (nSPS) is 20.5. The Hall–Kier alpha value is -1.36. The van der Waals surface area contributed by atoms with Gasteiger partial charge in [-0.15, -0.1) is 0 Å². The van der Waals surface area contributed by atoms with Gasteiger partial charge in [-0.2, -0.15) is 0 Å². The quantitative estimate of drug-likeness (QED) is 0.856. The van der Waals surface area contributed by atoms with Crippen molar-refractivity contribution in [3.05, 3.63) is 30.3 Å². The van der Waals surface area contributed by atoms with Crippen LogP contribution in [0.3, 0.4) is 0 Å². The molecule has 5 heteroatoms. The van der Waals surface area contributed by atoms with Crippen molar-refractivity contribution in [3.8, 4) is 0 Å². The first-order valence-corrected chi connectivity index (χ1v) is 9.28. The molecule has 1 heterocycles. The zero-order valence-electron chi connectivity index (χ0n) is 12.1. The van der Waals surface area contributed by atoms with E-state index in [9.17, 15) is 13.2 Å². The molecule has 2 fully saturated rings. The van der Waals surface area contributed by atoms with E-state index in [4.69, 9.17) is 0 Å². The number of sulfone groups is 1. The first-order chi connectivity index (χ1) is 10.1. The van der Waals surface area contributed by atoms with Gasteiger partial charge in [0.1, 0.15) is 0 Å². The smallest absolute Gasteiger partial charge is 0.225 e.